The van der Waals surface area contributed by atoms with Gasteiger partial charge in [0.1, 0.15) is 0 Å². The molecule has 0 saturated carbocycles. The van der Waals surface area contributed by atoms with E-state index in [0.717, 1.165) is 56.2 Å². The Morgan fingerprint density at radius 2 is 1.41 bits per heavy atom. The number of nitrogens with one attached hydrogen (secondary N) is 4. The summed E-state index contributed by atoms with van der Waals surface area (Å²) in [7, 11) is 0. The molecule has 1 atom stereocenters. The van der Waals surface area contributed by atoms with Crippen molar-refractivity contribution in [3.8, 4) is 0 Å². The molecule has 4 heterocycles. The summed E-state index contributed by atoms with van der Waals surface area (Å²) in [6.45, 7) is 11.2. The highest BCUT2D eigenvalue weighted by atomic mass is 32.1. The van der Waals surface area contributed by atoms with Crippen LogP contribution in [0.1, 0.15) is 71.7 Å². The molecule has 0 aliphatic carbocycles. The van der Waals surface area contributed by atoms with Crippen molar-refractivity contribution in [1.29, 1.82) is 0 Å². The van der Waals surface area contributed by atoms with E-state index >= 15 is 0 Å². The van der Waals surface area contributed by atoms with Crippen LogP contribution in [-0.2, 0) is 38.4 Å². The lowest BCUT2D eigenvalue weighted by Gasteiger charge is -2.07. The number of hydrogen-bond acceptors (Lipinski definition) is 5. The van der Waals surface area contributed by atoms with Gasteiger partial charge in [-0.25, -0.2) is 0 Å². The van der Waals surface area contributed by atoms with Crippen molar-refractivity contribution in [3.05, 3.63) is 91.9 Å². The van der Waals surface area contributed by atoms with E-state index in [9.17, 15) is 29.4 Å². The van der Waals surface area contributed by atoms with Crippen LogP contribution in [0.25, 0.3) is 12.2 Å². The molecule has 4 rings (SSSR count). The Hall–Kier alpha value is -4.51. The van der Waals surface area contributed by atoms with Gasteiger partial charge in [0.25, 0.3) is 5.91 Å². The molecule has 6 N–H and O–H groups in total. The molecule has 44 heavy (non-hydrogen) atoms. The first-order valence-corrected chi connectivity index (χ1v) is 15.0. The number of thiol groups is 1. The van der Waals surface area contributed by atoms with Crippen LogP contribution in [-0.4, -0.2) is 49.7 Å². The zero-order valence-electron chi connectivity index (χ0n) is 25.3. The highest BCUT2D eigenvalue weighted by Crippen LogP contribution is 2.32. The van der Waals surface area contributed by atoms with E-state index in [-0.39, 0.29) is 37.0 Å². The van der Waals surface area contributed by atoms with Crippen molar-refractivity contribution >= 4 is 48.5 Å². The fourth-order valence-electron chi connectivity index (χ4n) is 5.82. The standard InChI is InChI=1S/C33H38N4O6S/c1-6-20-16(2)26(36-33(20)43)13-24-17(3)21(7-9-30(38)39)27(34-24)15-28-22(8-10-31(40)41)18(4)25(35-28)14-29-23(11-12-44)19(5)32(42)37-29/h6,11,13-14,19,34-35,44H,1,7-10,12,15H2,2-5H3,(H,36,43)(H,37,42)(H,38,39)(H,40,41)/b23-11+,26-13+,29-14+/t19-/m0/s1. The van der Waals surface area contributed by atoms with Gasteiger partial charge in [0.05, 0.1) is 5.92 Å². The van der Waals surface area contributed by atoms with Crippen LogP contribution >= 0.6 is 12.6 Å². The Kier molecular flexibility index (Phi) is 9.88. The molecule has 11 heteroatoms. The molecule has 0 aromatic carbocycles. The van der Waals surface area contributed by atoms with Crippen molar-refractivity contribution in [1.82, 2.24) is 20.6 Å². The van der Waals surface area contributed by atoms with Gasteiger partial charge < -0.3 is 30.8 Å². The Morgan fingerprint density at radius 1 is 0.886 bits per heavy atom. The van der Waals surface area contributed by atoms with E-state index in [4.69, 9.17) is 0 Å². The maximum absolute atomic E-state index is 12.4. The van der Waals surface area contributed by atoms with Gasteiger partial charge in [-0.15, -0.1) is 0 Å². The van der Waals surface area contributed by atoms with E-state index in [0.29, 0.717) is 35.6 Å². The third-order valence-electron chi connectivity index (χ3n) is 8.37. The summed E-state index contributed by atoms with van der Waals surface area (Å²) in [6.07, 6.45) is 7.94. The number of carboxylic acid groups (broad SMARTS) is 2. The molecule has 2 aliphatic rings. The van der Waals surface area contributed by atoms with Crippen molar-refractivity contribution < 1.29 is 29.4 Å². The molecular weight excluding hydrogens is 580 g/mol. The van der Waals surface area contributed by atoms with Gasteiger partial charge in [-0.1, -0.05) is 18.7 Å². The molecule has 2 aliphatic heterocycles. The summed E-state index contributed by atoms with van der Waals surface area (Å²) >= 11 is 4.30. The largest absolute Gasteiger partial charge is 0.481 e. The molecule has 232 valence electrons. The van der Waals surface area contributed by atoms with Crippen molar-refractivity contribution in [2.45, 2.75) is 59.8 Å². The Bertz CT molecular complexity index is 1680. The average Bonchev–Trinajstić information content (AvgIpc) is 3.60. The number of aromatic nitrogens is 2. The lowest BCUT2D eigenvalue weighted by Crippen LogP contribution is -2.16. The molecule has 2 aromatic heterocycles. The second kappa shape index (κ2) is 13.4. The van der Waals surface area contributed by atoms with Gasteiger partial charge in [0.15, 0.2) is 0 Å². The summed E-state index contributed by atoms with van der Waals surface area (Å²) in [5, 5.41) is 24.7. The molecule has 0 unspecified atom stereocenters. The fraction of sp³-hybridized carbons (Fsp3) is 0.333. The van der Waals surface area contributed by atoms with Gasteiger partial charge in [-0.2, -0.15) is 12.6 Å². The normalized spacial score (nSPS) is 19.4. The van der Waals surface area contributed by atoms with Crippen molar-refractivity contribution in [2.24, 2.45) is 5.92 Å². The minimum Gasteiger partial charge on any atom is -0.481 e. The molecule has 0 radical (unpaired) electrons. The molecule has 0 spiro atoms. The van der Waals surface area contributed by atoms with Crippen molar-refractivity contribution in [2.75, 3.05) is 5.75 Å². The predicted molar refractivity (Wildman–Crippen MR) is 172 cm³/mol. The van der Waals surface area contributed by atoms with Crippen LogP contribution in [0, 0.1) is 19.8 Å². The van der Waals surface area contributed by atoms with Crippen molar-refractivity contribution in [3.63, 3.8) is 0 Å². The summed E-state index contributed by atoms with van der Waals surface area (Å²) in [5.41, 5.74) is 9.93. The van der Waals surface area contributed by atoms with Crippen LogP contribution in [0.15, 0.2) is 46.8 Å². The minimum absolute atomic E-state index is 0.0653. The van der Waals surface area contributed by atoms with E-state index < -0.39 is 11.9 Å². The summed E-state index contributed by atoms with van der Waals surface area (Å²) in [6, 6.07) is 0. The predicted octanol–water partition coefficient (Wildman–Crippen LogP) is 4.52. The highest BCUT2D eigenvalue weighted by Gasteiger charge is 2.30. The molecule has 2 aromatic rings. The van der Waals surface area contributed by atoms with Crippen LogP contribution in [0.4, 0.5) is 0 Å². The SMILES string of the molecule is C=CC1=C(C)/C(=C\c2[nH]c(Cc3[nH]c(/C=C4/NC(=O)[C@@H](C)/C4=C\CS)c(C)c3CCC(=O)O)c(CCC(=O)O)c2C)NC1=O. The number of rotatable bonds is 12. The summed E-state index contributed by atoms with van der Waals surface area (Å²) < 4.78 is 0. The van der Waals surface area contributed by atoms with Gasteiger partial charge in [-0.05, 0) is 86.1 Å². The van der Waals surface area contributed by atoms with Crippen LogP contribution < -0.4 is 10.6 Å². The Morgan fingerprint density at radius 3 is 1.86 bits per heavy atom. The first-order valence-electron chi connectivity index (χ1n) is 14.4. The summed E-state index contributed by atoms with van der Waals surface area (Å²) in [4.78, 5) is 54.8. The van der Waals surface area contributed by atoms with Crippen LogP contribution in [0.2, 0.25) is 0 Å². The molecule has 2 amide bonds. The lowest BCUT2D eigenvalue weighted by atomic mass is 9.98. The smallest absolute Gasteiger partial charge is 0.303 e. The Labute approximate surface area is 261 Å². The topological polar surface area (TPSA) is 164 Å². The van der Waals surface area contributed by atoms with Crippen LogP contribution in [0.5, 0.6) is 0 Å². The number of carboxylic acids is 2. The second-order valence-electron chi connectivity index (χ2n) is 11.1. The first-order chi connectivity index (χ1) is 20.9. The molecule has 1 saturated heterocycles. The van der Waals surface area contributed by atoms with Gasteiger partial charge >= 0.3 is 11.9 Å². The molecule has 10 nitrogen and oxygen atoms in total. The van der Waals surface area contributed by atoms with E-state index in [2.05, 4.69) is 39.8 Å². The third kappa shape index (κ3) is 6.67. The van der Waals surface area contributed by atoms with Gasteiger partial charge in [-0.3, -0.25) is 19.2 Å². The zero-order chi connectivity index (χ0) is 32.3. The number of amides is 2. The molecular formula is C33H38N4O6S. The lowest BCUT2D eigenvalue weighted by molar-refractivity contribution is -0.138. The number of carbonyl (C=O) groups excluding carboxylic acids is 2. The highest BCUT2D eigenvalue weighted by molar-refractivity contribution is 7.80. The second-order valence-corrected chi connectivity index (χ2v) is 11.4. The van der Waals surface area contributed by atoms with Gasteiger partial charge in [0, 0.05) is 64.8 Å². The number of hydrogen-bond donors (Lipinski definition) is 7. The number of allylic oxidation sites excluding steroid dienone is 2. The molecule has 0 bridgehead atoms. The number of carbonyl (C=O) groups is 4. The Balaban J connectivity index is 1.80. The third-order valence-corrected chi connectivity index (χ3v) is 8.55. The monoisotopic (exact) mass is 618 g/mol. The van der Waals surface area contributed by atoms with E-state index in [1.165, 1.54) is 6.08 Å². The van der Waals surface area contributed by atoms with Crippen LogP contribution in [0.3, 0.4) is 0 Å². The maximum Gasteiger partial charge on any atom is 0.303 e. The number of aliphatic carboxylic acids is 2. The number of H-pyrrole nitrogens is 2. The first kappa shape index (κ1) is 32.4. The zero-order valence-corrected chi connectivity index (χ0v) is 26.2. The van der Waals surface area contributed by atoms with Gasteiger partial charge in [0.2, 0.25) is 5.91 Å². The minimum atomic E-state index is -0.918. The quantitative estimate of drug-likeness (QED) is 0.173. The summed E-state index contributed by atoms with van der Waals surface area (Å²) in [5.74, 6) is -2.01. The molecule has 1 fully saturated rings. The number of aromatic amines is 2. The maximum atomic E-state index is 12.4. The van der Waals surface area contributed by atoms with E-state index in [1.54, 1.807) is 0 Å². The average molecular weight is 619 g/mol. The fourth-order valence-corrected chi connectivity index (χ4v) is 6.02. The van der Waals surface area contributed by atoms with E-state index in [1.807, 2.05) is 45.9 Å².